The molecule has 2 aromatic heterocycles. The van der Waals surface area contributed by atoms with E-state index < -0.39 is 4.92 Å². The molecule has 0 radical (unpaired) electrons. The third-order valence-corrected chi connectivity index (χ3v) is 5.47. The Morgan fingerprint density at radius 3 is 2.67 bits per heavy atom. The van der Waals surface area contributed by atoms with Crippen molar-refractivity contribution in [3.63, 3.8) is 0 Å². The van der Waals surface area contributed by atoms with E-state index in [1.165, 1.54) is 29.5 Å². The predicted octanol–water partition coefficient (Wildman–Crippen LogP) is 4.15. The minimum atomic E-state index is -0.456. The average Bonchev–Trinajstić information content (AvgIpc) is 3.42. The average molecular weight is 419 g/mol. The van der Waals surface area contributed by atoms with Gasteiger partial charge in [0.2, 0.25) is 0 Å². The third kappa shape index (κ3) is 4.41. The van der Waals surface area contributed by atoms with Gasteiger partial charge in [-0.05, 0) is 42.0 Å². The number of thiazole rings is 1. The Morgan fingerprint density at radius 1 is 1.17 bits per heavy atom. The second-order valence-corrected chi connectivity index (χ2v) is 7.41. The van der Waals surface area contributed by atoms with Crippen molar-refractivity contribution in [3.05, 3.63) is 88.7 Å². The van der Waals surface area contributed by atoms with Crippen LogP contribution < -0.4 is 4.90 Å². The number of fused-ring (bicyclic) bond motifs is 1. The molecule has 0 aliphatic heterocycles. The largest absolute Gasteiger partial charge is 0.283 e. The quantitative estimate of drug-likeness (QED) is 0.255. The van der Waals surface area contributed by atoms with E-state index in [1.54, 1.807) is 34.0 Å². The number of aromatic nitrogens is 3. The van der Waals surface area contributed by atoms with Gasteiger partial charge < -0.3 is 0 Å². The van der Waals surface area contributed by atoms with Crippen LogP contribution in [-0.4, -0.2) is 32.1 Å². The van der Waals surface area contributed by atoms with Crippen LogP contribution in [0.1, 0.15) is 5.56 Å². The number of anilines is 1. The maximum atomic E-state index is 13.0. The summed E-state index contributed by atoms with van der Waals surface area (Å²) in [6.07, 6.45) is 6.63. The second-order valence-electron chi connectivity index (χ2n) is 6.41. The maximum absolute atomic E-state index is 13.0. The molecule has 0 aliphatic carbocycles. The molecule has 4 aromatic rings. The predicted molar refractivity (Wildman–Crippen MR) is 116 cm³/mol. The minimum absolute atomic E-state index is 0.00815. The monoisotopic (exact) mass is 419 g/mol. The lowest BCUT2D eigenvalue weighted by molar-refractivity contribution is -0.384. The number of amides is 1. The molecule has 0 saturated heterocycles. The summed E-state index contributed by atoms with van der Waals surface area (Å²) in [4.78, 5) is 29.5. The molecule has 4 rings (SSSR count). The zero-order valence-electron chi connectivity index (χ0n) is 15.8. The molecule has 8 nitrogen and oxygen atoms in total. The summed E-state index contributed by atoms with van der Waals surface area (Å²) in [6, 6.07) is 15.6. The Balaban J connectivity index is 1.57. The normalized spacial score (nSPS) is 11.2. The van der Waals surface area contributed by atoms with Gasteiger partial charge in [-0.3, -0.25) is 24.5 Å². The highest BCUT2D eigenvalue weighted by Gasteiger charge is 2.18. The summed E-state index contributed by atoms with van der Waals surface area (Å²) in [7, 11) is 0. The summed E-state index contributed by atoms with van der Waals surface area (Å²) >= 11 is 1.45. The van der Waals surface area contributed by atoms with Gasteiger partial charge in [-0.15, -0.1) is 0 Å². The molecule has 30 heavy (non-hydrogen) atoms. The van der Waals surface area contributed by atoms with Crippen LogP contribution in [0.3, 0.4) is 0 Å². The Labute approximate surface area is 175 Å². The van der Waals surface area contributed by atoms with Crippen molar-refractivity contribution in [2.24, 2.45) is 0 Å². The Morgan fingerprint density at radius 2 is 1.97 bits per heavy atom. The smallest absolute Gasteiger partial charge is 0.269 e. The van der Waals surface area contributed by atoms with Gasteiger partial charge in [0.1, 0.15) is 0 Å². The summed E-state index contributed by atoms with van der Waals surface area (Å²) in [5, 5.41) is 15.6. The number of carbonyl (C=O) groups excluding carboxylic acids is 1. The molecular weight excluding hydrogens is 402 g/mol. The highest BCUT2D eigenvalue weighted by molar-refractivity contribution is 7.22. The van der Waals surface area contributed by atoms with E-state index in [4.69, 9.17) is 0 Å². The van der Waals surface area contributed by atoms with Crippen molar-refractivity contribution in [1.29, 1.82) is 0 Å². The zero-order valence-corrected chi connectivity index (χ0v) is 16.6. The number of non-ortho nitro benzene ring substituents is 1. The molecule has 0 fully saturated rings. The first kappa shape index (κ1) is 19.5. The molecule has 2 aromatic carbocycles. The van der Waals surface area contributed by atoms with Crippen molar-refractivity contribution in [3.8, 4) is 0 Å². The fourth-order valence-corrected chi connectivity index (χ4v) is 3.87. The summed E-state index contributed by atoms with van der Waals surface area (Å²) in [6.45, 7) is 0.935. The van der Waals surface area contributed by atoms with E-state index in [2.05, 4.69) is 10.1 Å². The zero-order chi connectivity index (χ0) is 20.9. The molecular formula is C21H17N5O3S. The molecule has 9 heteroatoms. The SMILES string of the molecule is O=C(/C=C/c1ccc([N+](=O)[O-])cc1)N(CCn1cccn1)c1nc2ccccc2s1. The molecule has 150 valence electrons. The van der Waals surface area contributed by atoms with Crippen molar-refractivity contribution >= 4 is 44.4 Å². The van der Waals surface area contributed by atoms with Crippen molar-refractivity contribution < 1.29 is 9.72 Å². The lowest BCUT2D eigenvalue weighted by Gasteiger charge is -2.18. The molecule has 0 unspecified atom stereocenters. The van der Waals surface area contributed by atoms with Gasteiger partial charge in [-0.2, -0.15) is 5.10 Å². The highest BCUT2D eigenvalue weighted by atomic mass is 32.1. The van der Waals surface area contributed by atoms with Crippen molar-refractivity contribution in [2.75, 3.05) is 11.4 Å². The minimum Gasteiger partial charge on any atom is -0.283 e. The Hall–Kier alpha value is -3.85. The van der Waals surface area contributed by atoms with Gasteiger partial charge >= 0.3 is 0 Å². The number of nitro benzene ring substituents is 1. The molecule has 0 aliphatic rings. The number of carbonyl (C=O) groups is 1. The topological polar surface area (TPSA) is 94.2 Å². The number of hydrogen-bond donors (Lipinski definition) is 0. The summed E-state index contributed by atoms with van der Waals surface area (Å²) in [5.74, 6) is -0.223. The van der Waals surface area contributed by atoms with Crippen molar-refractivity contribution in [2.45, 2.75) is 6.54 Å². The first-order valence-corrected chi connectivity index (χ1v) is 9.99. The number of benzene rings is 2. The van der Waals surface area contributed by atoms with Gasteiger partial charge in [-0.25, -0.2) is 4.98 Å². The van der Waals surface area contributed by atoms with E-state index in [1.807, 2.05) is 36.5 Å². The van der Waals surface area contributed by atoms with Crippen LogP contribution in [0.2, 0.25) is 0 Å². The fraction of sp³-hybridized carbons (Fsp3) is 0.0952. The van der Waals surface area contributed by atoms with E-state index >= 15 is 0 Å². The van der Waals surface area contributed by atoms with Crippen LogP contribution in [-0.2, 0) is 11.3 Å². The number of rotatable bonds is 7. The highest BCUT2D eigenvalue weighted by Crippen LogP contribution is 2.29. The molecule has 2 heterocycles. The molecule has 0 saturated carbocycles. The maximum Gasteiger partial charge on any atom is 0.269 e. The van der Waals surface area contributed by atoms with Gasteiger partial charge in [0.25, 0.3) is 11.6 Å². The van der Waals surface area contributed by atoms with Crippen molar-refractivity contribution in [1.82, 2.24) is 14.8 Å². The van der Waals surface area contributed by atoms with E-state index in [-0.39, 0.29) is 11.6 Å². The van der Waals surface area contributed by atoms with Crippen LogP contribution in [0.25, 0.3) is 16.3 Å². The molecule has 0 bridgehead atoms. The first-order valence-electron chi connectivity index (χ1n) is 9.17. The van der Waals surface area contributed by atoms with Gasteiger partial charge in [0.05, 0.1) is 21.7 Å². The molecule has 0 N–H and O–H groups in total. The second kappa shape index (κ2) is 8.66. The van der Waals surface area contributed by atoms with Crippen LogP contribution in [0, 0.1) is 10.1 Å². The first-order chi connectivity index (χ1) is 14.6. The van der Waals surface area contributed by atoms with Gasteiger partial charge in [0.15, 0.2) is 5.13 Å². The number of hydrogen-bond acceptors (Lipinski definition) is 6. The summed E-state index contributed by atoms with van der Waals surface area (Å²) < 4.78 is 2.76. The van der Waals surface area contributed by atoms with Crippen LogP contribution >= 0.6 is 11.3 Å². The Kier molecular flexibility index (Phi) is 5.62. The Bertz CT molecular complexity index is 1170. The van der Waals surface area contributed by atoms with E-state index in [0.717, 1.165) is 10.2 Å². The van der Waals surface area contributed by atoms with Crippen LogP contribution in [0.15, 0.2) is 73.1 Å². The molecule has 1 amide bonds. The fourth-order valence-electron chi connectivity index (χ4n) is 2.88. The lowest BCUT2D eigenvalue weighted by Crippen LogP contribution is -2.32. The van der Waals surface area contributed by atoms with Crippen LogP contribution in [0.5, 0.6) is 0 Å². The van der Waals surface area contributed by atoms with E-state index in [0.29, 0.717) is 23.8 Å². The van der Waals surface area contributed by atoms with Gasteiger partial charge in [0, 0.05) is 37.1 Å². The van der Waals surface area contributed by atoms with Gasteiger partial charge in [-0.1, -0.05) is 23.5 Å². The third-order valence-electron chi connectivity index (χ3n) is 4.41. The summed E-state index contributed by atoms with van der Waals surface area (Å²) in [5.41, 5.74) is 1.55. The molecule has 0 spiro atoms. The number of para-hydroxylation sites is 1. The van der Waals surface area contributed by atoms with Crippen LogP contribution in [0.4, 0.5) is 10.8 Å². The van der Waals surface area contributed by atoms with E-state index in [9.17, 15) is 14.9 Å². The number of nitro groups is 1. The molecule has 0 atom stereocenters. The number of nitrogens with zero attached hydrogens (tertiary/aromatic N) is 5. The lowest BCUT2D eigenvalue weighted by atomic mass is 10.2. The standard InChI is InChI=1S/C21H17N5O3S/c27-20(11-8-16-6-9-17(10-7-16)26(28)29)25(15-14-24-13-3-12-22-24)21-23-18-4-1-2-5-19(18)30-21/h1-13H,14-15H2/b11-8+.